The number of hydrogen-bond donors (Lipinski definition) is 1. The van der Waals surface area contributed by atoms with E-state index < -0.39 is 0 Å². The van der Waals surface area contributed by atoms with E-state index in [1.165, 1.54) is 22.4 Å². The first kappa shape index (κ1) is 13.1. The maximum atomic E-state index is 3.78. The van der Waals surface area contributed by atoms with E-state index in [0.29, 0.717) is 17.9 Å². The molecule has 0 aromatic heterocycles. The van der Waals surface area contributed by atoms with Crippen molar-refractivity contribution in [3.8, 4) is 0 Å². The number of benzene rings is 2. The number of hydrogen-bond acceptors (Lipinski definition) is 1. The normalized spacial score (nSPS) is 26.1. The van der Waals surface area contributed by atoms with E-state index in [9.17, 15) is 0 Å². The smallest absolute Gasteiger partial charge is 0.0553 e. The van der Waals surface area contributed by atoms with Crippen LogP contribution in [0.15, 0.2) is 59.1 Å². The molecule has 1 aliphatic heterocycles. The van der Waals surface area contributed by atoms with Crippen molar-refractivity contribution in [2.75, 3.05) is 5.32 Å². The minimum atomic E-state index is 0.397. The number of nitrogens with one attached hydrogen (secondary N) is 1. The Bertz CT molecular complexity index is 702. The molecule has 0 radical (unpaired) electrons. The molecule has 0 saturated heterocycles. The van der Waals surface area contributed by atoms with Crippen LogP contribution < -0.4 is 5.32 Å². The summed E-state index contributed by atoms with van der Waals surface area (Å²) in [6.07, 6.45) is 5.90. The average Bonchev–Trinajstić information content (AvgIpc) is 2.97. The largest absolute Gasteiger partial charge is 0.378 e. The summed E-state index contributed by atoms with van der Waals surface area (Å²) in [6, 6.07) is 15.9. The monoisotopic (exact) mass is 339 g/mol. The van der Waals surface area contributed by atoms with Gasteiger partial charge in [-0.25, -0.2) is 0 Å². The van der Waals surface area contributed by atoms with Crippen LogP contribution in [-0.2, 0) is 0 Å². The van der Waals surface area contributed by atoms with E-state index in [0.717, 1.165) is 10.9 Å². The van der Waals surface area contributed by atoms with Crippen LogP contribution in [0.3, 0.4) is 0 Å². The third kappa shape index (κ3) is 2.22. The first-order valence-electron chi connectivity index (χ1n) is 7.51. The molecule has 0 amide bonds. The summed E-state index contributed by atoms with van der Waals surface area (Å²) in [7, 11) is 0. The molecule has 1 nitrogen and oxygen atoms in total. The van der Waals surface area contributed by atoms with Crippen LogP contribution in [-0.4, -0.2) is 0 Å². The van der Waals surface area contributed by atoms with E-state index >= 15 is 0 Å². The van der Waals surface area contributed by atoms with Gasteiger partial charge in [-0.2, -0.15) is 0 Å². The fourth-order valence-corrected chi connectivity index (χ4v) is 3.98. The molecule has 2 heteroatoms. The third-order valence-electron chi connectivity index (χ3n) is 4.75. The molecule has 0 saturated carbocycles. The number of allylic oxidation sites excluding steroid dienone is 2. The Morgan fingerprint density at radius 3 is 2.71 bits per heavy atom. The molecule has 4 rings (SSSR count). The molecule has 1 aliphatic carbocycles. The van der Waals surface area contributed by atoms with Crippen molar-refractivity contribution in [1.29, 1.82) is 0 Å². The lowest BCUT2D eigenvalue weighted by Crippen LogP contribution is -2.29. The summed E-state index contributed by atoms with van der Waals surface area (Å²) in [5, 5.41) is 3.78. The summed E-state index contributed by atoms with van der Waals surface area (Å²) in [5.41, 5.74) is 5.48. The van der Waals surface area contributed by atoms with Gasteiger partial charge in [0.1, 0.15) is 0 Å². The highest BCUT2D eigenvalue weighted by molar-refractivity contribution is 9.10. The predicted molar refractivity (Wildman–Crippen MR) is 91.7 cm³/mol. The highest BCUT2D eigenvalue weighted by Gasteiger charge is 2.37. The van der Waals surface area contributed by atoms with Crippen LogP contribution in [0.4, 0.5) is 5.69 Å². The van der Waals surface area contributed by atoms with Gasteiger partial charge in [0.05, 0.1) is 6.04 Å². The zero-order valence-electron chi connectivity index (χ0n) is 12.0. The summed E-state index contributed by atoms with van der Waals surface area (Å²) in [6.45, 7) is 2.18. The van der Waals surface area contributed by atoms with Crippen molar-refractivity contribution in [1.82, 2.24) is 0 Å². The zero-order chi connectivity index (χ0) is 14.4. The quantitative estimate of drug-likeness (QED) is 0.668. The number of halogens is 1. The SMILES string of the molecule is Cc1ccc2c(c1)[C@H]1C=CC[C@H]1[C@@H](c1ccc(Br)cc1)N2. The van der Waals surface area contributed by atoms with Gasteiger partial charge in [0.15, 0.2) is 0 Å². The molecular formula is C19H18BrN. The average molecular weight is 340 g/mol. The molecule has 2 aromatic carbocycles. The second-order valence-corrected chi connectivity index (χ2v) is 7.03. The van der Waals surface area contributed by atoms with Crippen LogP contribution in [0, 0.1) is 12.8 Å². The van der Waals surface area contributed by atoms with Crippen LogP contribution in [0.1, 0.15) is 35.1 Å². The fraction of sp³-hybridized carbons (Fsp3) is 0.263. The summed E-state index contributed by atoms with van der Waals surface area (Å²) >= 11 is 3.53. The first-order valence-corrected chi connectivity index (χ1v) is 8.31. The Kier molecular flexibility index (Phi) is 3.15. The topological polar surface area (TPSA) is 12.0 Å². The molecule has 2 aliphatic rings. The minimum absolute atomic E-state index is 0.397. The van der Waals surface area contributed by atoms with Gasteiger partial charge in [-0.15, -0.1) is 0 Å². The van der Waals surface area contributed by atoms with Gasteiger partial charge in [-0.3, -0.25) is 0 Å². The molecule has 0 bridgehead atoms. The van der Waals surface area contributed by atoms with Crippen molar-refractivity contribution in [2.24, 2.45) is 5.92 Å². The van der Waals surface area contributed by atoms with Crippen molar-refractivity contribution in [3.63, 3.8) is 0 Å². The van der Waals surface area contributed by atoms with E-state index in [1.54, 1.807) is 0 Å². The second-order valence-electron chi connectivity index (χ2n) is 6.12. The molecule has 21 heavy (non-hydrogen) atoms. The number of rotatable bonds is 1. The second kappa shape index (κ2) is 5.03. The van der Waals surface area contributed by atoms with Gasteiger partial charge in [0.25, 0.3) is 0 Å². The van der Waals surface area contributed by atoms with Crippen molar-refractivity contribution in [2.45, 2.75) is 25.3 Å². The molecule has 1 N–H and O–H groups in total. The van der Waals surface area contributed by atoms with Crippen molar-refractivity contribution >= 4 is 21.6 Å². The number of aryl methyl sites for hydroxylation is 1. The van der Waals surface area contributed by atoms with Gasteiger partial charge in [0, 0.05) is 16.1 Å². The summed E-state index contributed by atoms with van der Waals surface area (Å²) in [5.74, 6) is 1.18. The van der Waals surface area contributed by atoms with Gasteiger partial charge in [0.2, 0.25) is 0 Å². The molecule has 3 atom stereocenters. The Morgan fingerprint density at radius 1 is 1.10 bits per heavy atom. The van der Waals surface area contributed by atoms with Crippen LogP contribution in [0.5, 0.6) is 0 Å². The van der Waals surface area contributed by atoms with E-state index in [4.69, 9.17) is 0 Å². The highest BCUT2D eigenvalue weighted by Crippen LogP contribution is 2.49. The fourth-order valence-electron chi connectivity index (χ4n) is 3.71. The van der Waals surface area contributed by atoms with E-state index in [-0.39, 0.29) is 0 Å². The molecule has 1 heterocycles. The maximum Gasteiger partial charge on any atom is 0.0553 e. The van der Waals surface area contributed by atoms with E-state index in [1.807, 2.05) is 0 Å². The lowest BCUT2D eigenvalue weighted by atomic mass is 9.77. The lowest BCUT2D eigenvalue weighted by molar-refractivity contribution is 0.425. The van der Waals surface area contributed by atoms with Crippen LogP contribution in [0.25, 0.3) is 0 Å². The standard InChI is InChI=1S/C19H18BrN/c1-12-5-10-18-17(11-12)15-3-2-4-16(15)19(21-18)13-6-8-14(20)9-7-13/h2-3,5-11,15-16,19,21H,4H2,1H3/t15-,16+,19+/m0/s1. The molecule has 0 unspecified atom stereocenters. The Morgan fingerprint density at radius 2 is 1.90 bits per heavy atom. The lowest BCUT2D eigenvalue weighted by Gasteiger charge is -2.37. The molecule has 0 fully saturated rings. The zero-order valence-corrected chi connectivity index (χ0v) is 13.6. The van der Waals surface area contributed by atoms with Crippen molar-refractivity contribution < 1.29 is 0 Å². The Labute approximate surface area is 134 Å². The predicted octanol–water partition coefficient (Wildman–Crippen LogP) is 5.58. The minimum Gasteiger partial charge on any atom is -0.378 e. The number of fused-ring (bicyclic) bond motifs is 3. The van der Waals surface area contributed by atoms with Gasteiger partial charge < -0.3 is 5.32 Å². The first-order chi connectivity index (χ1) is 10.2. The summed E-state index contributed by atoms with van der Waals surface area (Å²) in [4.78, 5) is 0. The summed E-state index contributed by atoms with van der Waals surface area (Å²) < 4.78 is 1.14. The van der Waals surface area contributed by atoms with Crippen molar-refractivity contribution in [3.05, 3.63) is 75.8 Å². The Hall–Kier alpha value is -1.54. The van der Waals surface area contributed by atoms with Gasteiger partial charge in [-0.1, -0.05) is 57.9 Å². The van der Waals surface area contributed by atoms with Gasteiger partial charge in [-0.05, 0) is 48.6 Å². The molecular weight excluding hydrogens is 322 g/mol. The highest BCUT2D eigenvalue weighted by atomic mass is 79.9. The molecule has 0 spiro atoms. The molecule has 106 valence electrons. The van der Waals surface area contributed by atoms with Gasteiger partial charge >= 0.3 is 0 Å². The van der Waals surface area contributed by atoms with Crippen LogP contribution >= 0.6 is 15.9 Å². The van der Waals surface area contributed by atoms with Crippen LogP contribution in [0.2, 0.25) is 0 Å². The maximum absolute atomic E-state index is 3.78. The third-order valence-corrected chi connectivity index (χ3v) is 5.28. The van der Waals surface area contributed by atoms with E-state index in [2.05, 4.69) is 82.8 Å². The number of anilines is 1. The Balaban J connectivity index is 1.78. The molecule has 2 aromatic rings.